The standard InChI is InChI=1S/C39H52FN3O4/c1-27-33(36(37(44)45)47-38(2,3)4)35(43-23-19-39(5,6)20-24-43)34(32(41-27)26-42-21-8-7-9-22-42)29-12-16-31(17-13-29)46-25-18-28-10-14-30(40)15-11-28/h10-17,36H,7-9,18-26H2,1-6H3,(H,44,45)/t36-/m0/s1. The van der Waals surface area contributed by atoms with E-state index in [0.717, 1.165) is 72.8 Å². The maximum absolute atomic E-state index is 13.3. The molecule has 5 rings (SSSR count). The third-order valence-electron chi connectivity index (χ3n) is 9.40. The topological polar surface area (TPSA) is 75.1 Å². The highest BCUT2D eigenvalue weighted by atomic mass is 19.1. The van der Waals surface area contributed by atoms with Crippen molar-refractivity contribution in [3.05, 3.63) is 76.9 Å². The molecule has 1 N–H and O–H groups in total. The van der Waals surface area contributed by atoms with Crippen LogP contribution in [0.2, 0.25) is 0 Å². The third-order valence-corrected chi connectivity index (χ3v) is 9.40. The second-order valence-corrected chi connectivity index (χ2v) is 15.0. The Balaban J connectivity index is 1.58. The van der Waals surface area contributed by atoms with Crippen molar-refractivity contribution in [2.45, 2.75) is 98.3 Å². The Labute approximate surface area is 280 Å². The molecule has 0 unspecified atom stereocenters. The van der Waals surface area contributed by atoms with Crippen LogP contribution in [0.1, 0.15) is 95.3 Å². The van der Waals surface area contributed by atoms with E-state index >= 15 is 0 Å². The molecule has 3 heterocycles. The zero-order chi connectivity index (χ0) is 33.8. The lowest BCUT2D eigenvalue weighted by Gasteiger charge is -2.41. The van der Waals surface area contributed by atoms with E-state index in [1.54, 1.807) is 12.1 Å². The molecule has 2 aliphatic heterocycles. The van der Waals surface area contributed by atoms with Crippen LogP contribution < -0.4 is 9.64 Å². The second-order valence-electron chi connectivity index (χ2n) is 15.0. The Bertz CT molecular complexity index is 1500. The average Bonchev–Trinajstić information content (AvgIpc) is 3.01. The number of halogens is 1. The number of carboxylic acids is 1. The van der Waals surface area contributed by atoms with Crippen LogP contribution in [0.5, 0.6) is 5.75 Å². The third kappa shape index (κ3) is 9.11. The van der Waals surface area contributed by atoms with Crippen LogP contribution in [0.25, 0.3) is 11.1 Å². The number of nitrogens with zero attached hydrogens (tertiary/aromatic N) is 3. The first kappa shape index (κ1) is 34.8. The summed E-state index contributed by atoms with van der Waals surface area (Å²) < 4.78 is 25.7. The molecule has 1 atom stereocenters. The molecule has 0 saturated carbocycles. The Morgan fingerprint density at radius 3 is 2.21 bits per heavy atom. The maximum Gasteiger partial charge on any atom is 0.337 e. The number of aliphatic carboxylic acids is 1. The molecule has 2 fully saturated rings. The monoisotopic (exact) mass is 645 g/mol. The molecule has 2 aliphatic rings. The normalized spacial score (nSPS) is 17.8. The van der Waals surface area contributed by atoms with Crippen LogP contribution in [0, 0.1) is 18.2 Å². The number of ether oxygens (including phenoxy) is 2. The van der Waals surface area contributed by atoms with Crippen LogP contribution in [-0.4, -0.2) is 59.3 Å². The first-order valence-electron chi connectivity index (χ1n) is 17.2. The summed E-state index contributed by atoms with van der Waals surface area (Å²) in [6.45, 7) is 17.1. The van der Waals surface area contributed by atoms with Crippen LogP contribution in [0.3, 0.4) is 0 Å². The van der Waals surface area contributed by atoms with E-state index in [1.807, 2.05) is 39.8 Å². The van der Waals surface area contributed by atoms with Crippen molar-refractivity contribution in [3.8, 4) is 16.9 Å². The Morgan fingerprint density at radius 2 is 1.62 bits per heavy atom. The minimum absolute atomic E-state index is 0.219. The number of carbonyl (C=O) groups is 1. The molecule has 8 heteroatoms. The zero-order valence-electron chi connectivity index (χ0n) is 29.1. The van der Waals surface area contributed by atoms with E-state index in [0.29, 0.717) is 30.8 Å². The van der Waals surface area contributed by atoms with Gasteiger partial charge in [0.1, 0.15) is 11.6 Å². The molecule has 1 aromatic heterocycles. The van der Waals surface area contributed by atoms with Gasteiger partial charge in [-0.15, -0.1) is 0 Å². The van der Waals surface area contributed by atoms with Gasteiger partial charge in [0.25, 0.3) is 0 Å². The summed E-state index contributed by atoms with van der Waals surface area (Å²) in [5.74, 6) is -0.511. The fourth-order valence-corrected chi connectivity index (χ4v) is 6.73. The Morgan fingerprint density at radius 1 is 0.979 bits per heavy atom. The summed E-state index contributed by atoms with van der Waals surface area (Å²) in [5, 5.41) is 10.6. The van der Waals surface area contributed by atoms with Gasteiger partial charge in [-0.3, -0.25) is 9.88 Å². The molecule has 0 spiro atoms. The molecule has 2 aromatic carbocycles. The number of carboxylic acid groups (broad SMARTS) is 1. The van der Waals surface area contributed by atoms with Crippen molar-refractivity contribution in [2.24, 2.45) is 5.41 Å². The number of aromatic nitrogens is 1. The molecule has 3 aromatic rings. The van der Waals surface area contributed by atoms with Gasteiger partial charge in [-0.2, -0.15) is 0 Å². The average molecular weight is 646 g/mol. The number of pyridine rings is 1. The van der Waals surface area contributed by atoms with E-state index in [4.69, 9.17) is 14.5 Å². The molecule has 2 saturated heterocycles. The highest BCUT2D eigenvalue weighted by Gasteiger charge is 2.37. The van der Waals surface area contributed by atoms with Gasteiger partial charge in [-0.1, -0.05) is 44.5 Å². The quantitative estimate of drug-likeness (QED) is 0.225. The lowest BCUT2D eigenvalue weighted by molar-refractivity contribution is -0.160. The number of anilines is 1. The largest absolute Gasteiger partial charge is 0.493 e. The smallest absolute Gasteiger partial charge is 0.337 e. The van der Waals surface area contributed by atoms with E-state index < -0.39 is 17.7 Å². The van der Waals surface area contributed by atoms with Gasteiger partial charge in [0, 0.05) is 42.9 Å². The van der Waals surface area contributed by atoms with Crippen molar-refractivity contribution in [1.82, 2.24) is 9.88 Å². The van der Waals surface area contributed by atoms with Crippen molar-refractivity contribution in [2.75, 3.05) is 37.7 Å². The molecule has 0 amide bonds. The summed E-state index contributed by atoms with van der Waals surface area (Å²) in [7, 11) is 0. The Kier molecular flexibility index (Phi) is 10.9. The van der Waals surface area contributed by atoms with Crippen molar-refractivity contribution in [3.63, 3.8) is 0 Å². The number of hydrogen-bond donors (Lipinski definition) is 1. The second kappa shape index (κ2) is 14.7. The number of benzene rings is 2. The molecule has 254 valence electrons. The summed E-state index contributed by atoms with van der Waals surface area (Å²) in [6.07, 6.45) is 5.12. The zero-order valence-corrected chi connectivity index (χ0v) is 29.1. The van der Waals surface area contributed by atoms with Gasteiger partial charge in [0.15, 0.2) is 6.10 Å². The molecule has 7 nitrogen and oxygen atoms in total. The summed E-state index contributed by atoms with van der Waals surface area (Å²) >= 11 is 0. The van der Waals surface area contributed by atoms with Crippen LogP contribution >= 0.6 is 0 Å². The molecule has 0 bridgehead atoms. The highest BCUT2D eigenvalue weighted by Crippen LogP contribution is 2.45. The van der Waals surface area contributed by atoms with Gasteiger partial charge in [0.2, 0.25) is 0 Å². The number of rotatable bonds is 11. The summed E-state index contributed by atoms with van der Waals surface area (Å²) in [5.41, 5.74) is 5.78. The predicted octanol–water partition coefficient (Wildman–Crippen LogP) is 8.37. The van der Waals surface area contributed by atoms with Crippen molar-refractivity contribution in [1.29, 1.82) is 0 Å². The summed E-state index contributed by atoms with van der Waals surface area (Å²) in [6, 6.07) is 14.6. The molecule has 47 heavy (non-hydrogen) atoms. The Hall–Kier alpha value is -3.49. The van der Waals surface area contributed by atoms with Gasteiger partial charge < -0.3 is 19.5 Å². The van der Waals surface area contributed by atoms with Gasteiger partial charge in [-0.25, -0.2) is 9.18 Å². The lowest BCUT2D eigenvalue weighted by atomic mass is 9.81. The van der Waals surface area contributed by atoms with Crippen LogP contribution in [-0.2, 0) is 22.5 Å². The van der Waals surface area contributed by atoms with E-state index in [9.17, 15) is 14.3 Å². The number of piperidine rings is 2. The minimum Gasteiger partial charge on any atom is -0.493 e. The predicted molar refractivity (Wildman–Crippen MR) is 186 cm³/mol. The summed E-state index contributed by atoms with van der Waals surface area (Å²) in [4.78, 5) is 23.0. The molecule has 0 aliphatic carbocycles. The first-order valence-corrected chi connectivity index (χ1v) is 17.2. The van der Waals surface area contributed by atoms with E-state index in [1.165, 1.54) is 31.4 Å². The van der Waals surface area contributed by atoms with Gasteiger partial charge >= 0.3 is 5.97 Å². The van der Waals surface area contributed by atoms with Crippen LogP contribution in [0.4, 0.5) is 10.1 Å². The molecular formula is C39H52FN3O4. The van der Waals surface area contributed by atoms with Crippen LogP contribution in [0.15, 0.2) is 48.5 Å². The lowest BCUT2D eigenvalue weighted by Crippen LogP contribution is -2.39. The van der Waals surface area contributed by atoms with E-state index in [-0.39, 0.29) is 11.2 Å². The number of hydrogen-bond acceptors (Lipinski definition) is 6. The van der Waals surface area contributed by atoms with Gasteiger partial charge in [-0.05, 0) is 107 Å². The highest BCUT2D eigenvalue weighted by molar-refractivity contribution is 5.88. The number of likely N-dealkylation sites (tertiary alicyclic amines) is 1. The molecule has 0 radical (unpaired) electrons. The maximum atomic E-state index is 13.3. The minimum atomic E-state index is -1.16. The number of aryl methyl sites for hydroxylation is 1. The fraction of sp³-hybridized carbons (Fsp3) is 0.538. The van der Waals surface area contributed by atoms with Crippen molar-refractivity contribution >= 4 is 11.7 Å². The SMILES string of the molecule is Cc1nc(CN2CCCCC2)c(-c2ccc(OCCc3ccc(F)cc3)cc2)c(N2CCC(C)(C)CC2)c1[C@H](OC(C)(C)C)C(=O)O. The fourth-order valence-electron chi connectivity index (χ4n) is 6.73. The van der Waals surface area contributed by atoms with Crippen molar-refractivity contribution < 1.29 is 23.8 Å². The van der Waals surface area contributed by atoms with E-state index in [2.05, 4.69) is 35.8 Å². The molecular weight excluding hydrogens is 593 g/mol. The first-order chi connectivity index (χ1) is 22.3. The van der Waals surface area contributed by atoms with Gasteiger partial charge in [0.05, 0.1) is 23.6 Å².